The summed E-state index contributed by atoms with van der Waals surface area (Å²) in [5.41, 5.74) is 0.207. The number of nitrogens with zero attached hydrogens (tertiary/aromatic N) is 2. The fourth-order valence-corrected chi connectivity index (χ4v) is 2.60. The van der Waals surface area contributed by atoms with Gasteiger partial charge in [-0.3, -0.25) is 0 Å². The first kappa shape index (κ1) is 11.9. The molecule has 0 saturated carbocycles. The van der Waals surface area contributed by atoms with Crippen molar-refractivity contribution >= 4 is 10.2 Å². The van der Waals surface area contributed by atoms with Crippen LogP contribution in [0.1, 0.15) is 20.8 Å². The third-order valence-corrected chi connectivity index (χ3v) is 4.73. The van der Waals surface area contributed by atoms with E-state index in [-0.39, 0.29) is 5.41 Å². The topological polar surface area (TPSA) is 40.6 Å². The van der Waals surface area contributed by atoms with Gasteiger partial charge in [0, 0.05) is 27.2 Å². The average Bonchev–Trinajstić information content (AvgIpc) is 1.77. The van der Waals surface area contributed by atoms with Gasteiger partial charge in [-0.25, -0.2) is 0 Å². The largest absolute Gasteiger partial charge is 0.281 e. The van der Waals surface area contributed by atoms with E-state index >= 15 is 0 Å². The molecule has 1 aliphatic rings. The van der Waals surface area contributed by atoms with E-state index in [4.69, 9.17) is 0 Å². The molecule has 4 nitrogen and oxygen atoms in total. The lowest BCUT2D eigenvalue weighted by Gasteiger charge is -2.45. The summed E-state index contributed by atoms with van der Waals surface area (Å²) in [7, 11) is -0.0283. The van der Waals surface area contributed by atoms with Gasteiger partial charge in [0.2, 0.25) is 0 Å². The highest BCUT2D eigenvalue weighted by atomic mass is 32.2. The number of hydrogen-bond donors (Lipinski definition) is 0. The second-order valence-corrected chi connectivity index (χ2v) is 7.31. The van der Waals surface area contributed by atoms with Crippen LogP contribution in [0.3, 0.4) is 0 Å². The normalized spacial score (nSPS) is 21.3. The molecule has 0 aromatic carbocycles. The van der Waals surface area contributed by atoms with Gasteiger partial charge in [-0.05, 0) is 11.3 Å². The van der Waals surface area contributed by atoms with Crippen LogP contribution in [0.4, 0.5) is 0 Å². The van der Waals surface area contributed by atoms with E-state index in [1.165, 1.54) is 8.61 Å². The highest BCUT2D eigenvalue weighted by Crippen LogP contribution is 2.35. The fourth-order valence-electron chi connectivity index (χ4n) is 1.41. The molecule has 0 aromatic heterocycles. The zero-order chi connectivity index (χ0) is 11.1. The van der Waals surface area contributed by atoms with E-state index in [0.717, 1.165) is 0 Å². The minimum atomic E-state index is -3.17. The number of rotatable bonds is 2. The van der Waals surface area contributed by atoms with Crippen molar-refractivity contribution < 1.29 is 8.42 Å². The molecule has 84 valence electrons. The SMILES string of the molecule is CN(C)S(=O)(=O)N1CC(C(C)(C)C)C1. The van der Waals surface area contributed by atoms with Crippen LogP contribution >= 0.6 is 0 Å². The molecule has 1 saturated heterocycles. The summed E-state index contributed by atoms with van der Waals surface area (Å²) in [5.74, 6) is 0.484. The first-order chi connectivity index (χ1) is 6.15. The van der Waals surface area contributed by atoms with Crippen molar-refractivity contribution in [1.82, 2.24) is 8.61 Å². The van der Waals surface area contributed by atoms with E-state index in [9.17, 15) is 8.42 Å². The molecule has 1 rings (SSSR count). The third-order valence-electron chi connectivity index (χ3n) is 2.86. The van der Waals surface area contributed by atoms with Gasteiger partial charge in [-0.15, -0.1) is 0 Å². The van der Waals surface area contributed by atoms with Crippen LogP contribution in [-0.2, 0) is 10.2 Å². The maximum Gasteiger partial charge on any atom is 0.281 e. The Labute approximate surface area is 87.1 Å². The van der Waals surface area contributed by atoms with Crippen molar-refractivity contribution in [1.29, 1.82) is 0 Å². The second kappa shape index (κ2) is 3.47. The predicted octanol–water partition coefficient (Wildman–Crippen LogP) is 0.771. The molecule has 0 bridgehead atoms. The Kier molecular flexibility index (Phi) is 2.96. The summed E-state index contributed by atoms with van der Waals surface area (Å²) in [6.45, 7) is 7.76. The standard InChI is InChI=1S/C9H20N2O2S/c1-9(2,3)8-6-11(7-8)14(12,13)10(4)5/h8H,6-7H2,1-5H3. The van der Waals surface area contributed by atoms with E-state index in [2.05, 4.69) is 20.8 Å². The van der Waals surface area contributed by atoms with Gasteiger partial charge >= 0.3 is 0 Å². The van der Waals surface area contributed by atoms with Crippen LogP contribution in [0.15, 0.2) is 0 Å². The summed E-state index contributed by atoms with van der Waals surface area (Å²) < 4.78 is 26.1. The summed E-state index contributed by atoms with van der Waals surface area (Å²) in [6.07, 6.45) is 0. The van der Waals surface area contributed by atoms with Gasteiger partial charge in [0.05, 0.1) is 0 Å². The van der Waals surface area contributed by atoms with Crippen LogP contribution in [0.2, 0.25) is 0 Å². The van der Waals surface area contributed by atoms with Crippen molar-refractivity contribution in [2.75, 3.05) is 27.2 Å². The Morgan fingerprint density at radius 1 is 1.21 bits per heavy atom. The Bertz CT molecular complexity index is 297. The molecule has 1 aliphatic heterocycles. The molecule has 0 unspecified atom stereocenters. The van der Waals surface area contributed by atoms with Crippen LogP contribution in [0.5, 0.6) is 0 Å². The average molecular weight is 220 g/mol. The predicted molar refractivity (Wildman–Crippen MR) is 57.1 cm³/mol. The van der Waals surface area contributed by atoms with Gasteiger partial charge in [-0.2, -0.15) is 17.0 Å². The van der Waals surface area contributed by atoms with Gasteiger partial charge in [-0.1, -0.05) is 20.8 Å². The summed E-state index contributed by atoms with van der Waals surface area (Å²) in [5, 5.41) is 0. The van der Waals surface area contributed by atoms with Gasteiger partial charge in [0.25, 0.3) is 10.2 Å². The van der Waals surface area contributed by atoms with E-state index < -0.39 is 10.2 Å². The molecule has 1 heterocycles. The lowest BCUT2D eigenvalue weighted by atomic mass is 9.77. The lowest BCUT2D eigenvalue weighted by Crippen LogP contribution is -2.57. The molecule has 1 fully saturated rings. The highest BCUT2D eigenvalue weighted by molar-refractivity contribution is 7.86. The molecule has 14 heavy (non-hydrogen) atoms. The van der Waals surface area contributed by atoms with E-state index in [1.54, 1.807) is 14.1 Å². The summed E-state index contributed by atoms with van der Waals surface area (Å²) in [4.78, 5) is 0. The third kappa shape index (κ3) is 2.10. The summed E-state index contributed by atoms with van der Waals surface area (Å²) >= 11 is 0. The molecule has 5 heteroatoms. The lowest BCUT2D eigenvalue weighted by molar-refractivity contribution is 0.0844. The fraction of sp³-hybridized carbons (Fsp3) is 1.00. The van der Waals surface area contributed by atoms with Crippen molar-refractivity contribution in [3.8, 4) is 0 Å². The van der Waals surface area contributed by atoms with E-state index in [1.807, 2.05) is 0 Å². The molecule has 0 N–H and O–H groups in total. The first-order valence-electron chi connectivity index (χ1n) is 4.83. The molecule has 0 aromatic rings. The maximum atomic E-state index is 11.6. The second-order valence-electron chi connectivity index (χ2n) is 5.17. The smallest absolute Gasteiger partial charge is 0.195 e. The first-order valence-corrected chi connectivity index (χ1v) is 6.23. The molecular formula is C9H20N2O2S. The Hall–Kier alpha value is -0.130. The zero-order valence-corrected chi connectivity index (χ0v) is 10.4. The summed E-state index contributed by atoms with van der Waals surface area (Å²) in [6, 6.07) is 0. The van der Waals surface area contributed by atoms with Crippen LogP contribution < -0.4 is 0 Å². The molecule has 0 spiro atoms. The zero-order valence-electron chi connectivity index (χ0n) is 9.61. The van der Waals surface area contributed by atoms with Crippen molar-refractivity contribution in [3.05, 3.63) is 0 Å². The van der Waals surface area contributed by atoms with Gasteiger partial charge in [0.1, 0.15) is 0 Å². The molecule has 0 radical (unpaired) electrons. The quantitative estimate of drug-likeness (QED) is 0.689. The van der Waals surface area contributed by atoms with Gasteiger partial charge < -0.3 is 0 Å². The van der Waals surface area contributed by atoms with Crippen molar-refractivity contribution in [3.63, 3.8) is 0 Å². The van der Waals surface area contributed by atoms with Crippen molar-refractivity contribution in [2.24, 2.45) is 11.3 Å². The van der Waals surface area contributed by atoms with Crippen LogP contribution in [0.25, 0.3) is 0 Å². The highest BCUT2D eigenvalue weighted by Gasteiger charge is 2.42. The minimum absolute atomic E-state index is 0.207. The maximum absolute atomic E-state index is 11.6. The molecular weight excluding hydrogens is 200 g/mol. The van der Waals surface area contributed by atoms with E-state index in [0.29, 0.717) is 19.0 Å². The van der Waals surface area contributed by atoms with Crippen LogP contribution in [0, 0.1) is 11.3 Å². The Balaban J connectivity index is 2.58. The Morgan fingerprint density at radius 3 is 1.93 bits per heavy atom. The molecule has 0 aliphatic carbocycles. The Morgan fingerprint density at radius 2 is 1.64 bits per heavy atom. The van der Waals surface area contributed by atoms with Crippen LogP contribution in [-0.4, -0.2) is 44.2 Å². The molecule has 0 amide bonds. The minimum Gasteiger partial charge on any atom is -0.195 e. The van der Waals surface area contributed by atoms with Crippen molar-refractivity contribution in [2.45, 2.75) is 20.8 Å². The van der Waals surface area contributed by atoms with Gasteiger partial charge in [0.15, 0.2) is 0 Å². The monoisotopic (exact) mass is 220 g/mol. The molecule has 0 atom stereocenters. The number of hydrogen-bond acceptors (Lipinski definition) is 2.